The van der Waals surface area contributed by atoms with E-state index in [0.717, 1.165) is 28.8 Å². The van der Waals surface area contributed by atoms with Gasteiger partial charge in [-0.15, -0.1) is 0 Å². The van der Waals surface area contributed by atoms with Gasteiger partial charge in [-0.3, -0.25) is 5.10 Å². The van der Waals surface area contributed by atoms with Gasteiger partial charge in [0, 0.05) is 18.0 Å². The smallest absolute Gasteiger partial charge is 0.317 e. The number of hydrogen-bond donors (Lipinski definition) is 1. The Bertz CT molecular complexity index is 880. The third kappa shape index (κ3) is 3.41. The van der Waals surface area contributed by atoms with Crippen LogP contribution in [-0.2, 0) is 4.74 Å². The number of ether oxygens (including phenoxy) is 3. The van der Waals surface area contributed by atoms with Crippen molar-refractivity contribution in [2.24, 2.45) is 0 Å². The molecule has 4 bridgehead atoms. The molecule has 0 amide bonds. The van der Waals surface area contributed by atoms with Gasteiger partial charge in [0.05, 0.1) is 30.5 Å². The maximum absolute atomic E-state index is 6.02. The minimum absolute atomic E-state index is 0.0509. The summed E-state index contributed by atoms with van der Waals surface area (Å²) in [6.07, 6.45) is 2.38. The summed E-state index contributed by atoms with van der Waals surface area (Å²) in [6.45, 7) is 5.05. The molecule has 1 aliphatic rings. The first-order valence-electron chi connectivity index (χ1n) is 8.41. The fourth-order valence-electron chi connectivity index (χ4n) is 2.79. The highest BCUT2D eigenvalue weighted by Crippen LogP contribution is 2.29. The number of fused-ring (bicyclic) bond motifs is 4. The van der Waals surface area contributed by atoms with Crippen LogP contribution in [0.25, 0.3) is 22.3 Å². The van der Waals surface area contributed by atoms with E-state index in [-0.39, 0.29) is 12.2 Å². The molecule has 0 fully saturated rings. The van der Waals surface area contributed by atoms with Crippen molar-refractivity contribution in [3.63, 3.8) is 0 Å². The van der Waals surface area contributed by atoms with E-state index in [2.05, 4.69) is 20.2 Å². The van der Waals surface area contributed by atoms with Crippen molar-refractivity contribution in [2.45, 2.75) is 32.5 Å². The number of aromatic nitrogens is 4. The summed E-state index contributed by atoms with van der Waals surface area (Å²) >= 11 is 0. The summed E-state index contributed by atoms with van der Waals surface area (Å²) in [5, 5.41) is 8.40. The molecular formula is C18H20N4O3. The second-order valence-electron chi connectivity index (χ2n) is 6.22. The van der Waals surface area contributed by atoms with E-state index in [4.69, 9.17) is 14.2 Å². The lowest BCUT2D eigenvalue weighted by Crippen LogP contribution is -2.22. The summed E-state index contributed by atoms with van der Waals surface area (Å²) in [6, 6.07) is 8.02. The third-order valence-electron chi connectivity index (χ3n) is 4.08. The van der Waals surface area contributed by atoms with Crippen LogP contribution < -0.4 is 9.47 Å². The minimum Gasteiger partial charge on any atom is -0.491 e. The Kier molecular flexibility index (Phi) is 4.23. The number of benzene rings is 1. The summed E-state index contributed by atoms with van der Waals surface area (Å²) in [4.78, 5) is 8.68. The van der Waals surface area contributed by atoms with Crippen LogP contribution >= 0.6 is 0 Å². The highest BCUT2D eigenvalue weighted by Gasteiger charge is 2.15. The van der Waals surface area contributed by atoms with Crippen molar-refractivity contribution in [3.8, 4) is 23.1 Å². The molecule has 1 N–H and O–H groups in total. The van der Waals surface area contributed by atoms with Gasteiger partial charge in [-0.05, 0) is 38.1 Å². The number of hydrogen-bond acceptors (Lipinski definition) is 6. The van der Waals surface area contributed by atoms with Crippen molar-refractivity contribution in [1.29, 1.82) is 0 Å². The zero-order valence-corrected chi connectivity index (χ0v) is 14.2. The Hall–Kier alpha value is -2.67. The van der Waals surface area contributed by atoms with E-state index in [1.54, 1.807) is 6.20 Å². The Morgan fingerprint density at radius 1 is 1.12 bits per heavy atom. The van der Waals surface area contributed by atoms with E-state index in [1.165, 1.54) is 0 Å². The maximum Gasteiger partial charge on any atom is 0.317 e. The van der Waals surface area contributed by atoms with E-state index < -0.39 is 0 Å². The molecule has 130 valence electrons. The van der Waals surface area contributed by atoms with Gasteiger partial charge in [0.1, 0.15) is 17.5 Å². The Balaban J connectivity index is 1.79. The third-order valence-corrected chi connectivity index (χ3v) is 4.08. The van der Waals surface area contributed by atoms with Gasteiger partial charge in [0.15, 0.2) is 0 Å². The van der Waals surface area contributed by atoms with Crippen LogP contribution in [0.15, 0.2) is 30.5 Å². The predicted octanol–water partition coefficient (Wildman–Crippen LogP) is 2.97. The number of nitrogens with one attached hydrogen (secondary N) is 1. The molecule has 0 radical (unpaired) electrons. The molecule has 7 nitrogen and oxygen atoms in total. The zero-order valence-electron chi connectivity index (χ0n) is 14.2. The largest absolute Gasteiger partial charge is 0.491 e. The lowest BCUT2D eigenvalue weighted by molar-refractivity contribution is 0.0406. The lowest BCUT2D eigenvalue weighted by Gasteiger charge is -2.16. The molecule has 25 heavy (non-hydrogen) atoms. The zero-order chi connectivity index (χ0) is 17.2. The normalized spacial score (nSPS) is 21.2. The highest BCUT2D eigenvalue weighted by molar-refractivity contribution is 5.92. The van der Waals surface area contributed by atoms with Crippen LogP contribution in [0, 0.1) is 0 Å². The Morgan fingerprint density at radius 2 is 2.04 bits per heavy atom. The van der Waals surface area contributed by atoms with Gasteiger partial charge in [0.25, 0.3) is 0 Å². The average molecular weight is 340 g/mol. The number of rotatable bonds is 0. The molecule has 0 saturated carbocycles. The maximum atomic E-state index is 6.02. The fraction of sp³-hybridized carbons (Fsp3) is 0.389. The van der Waals surface area contributed by atoms with Gasteiger partial charge in [-0.25, -0.2) is 4.98 Å². The lowest BCUT2D eigenvalue weighted by atomic mass is 10.1. The molecule has 2 aromatic heterocycles. The highest BCUT2D eigenvalue weighted by atomic mass is 16.5. The van der Waals surface area contributed by atoms with Gasteiger partial charge in [-0.1, -0.05) is 0 Å². The summed E-state index contributed by atoms with van der Waals surface area (Å²) < 4.78 is 17.5. The summed E-state index contributed by atoms with van der Waals surface area (Å²) in [5.41, 5.74) is 2.38. The quantitative estimate of drug-likeness (QED) is 0.677. The molecule has 0 aliphatic carbocycles. The van der Waals surface area contributed by atoms with E-state index in [9.17, 15) is 0 Å². The molecule has 0 saturated heterocycles. The summed E-state index contributed by atoms with van der Waals surface area (Å²) in [7, 11) is 0. The van der Waals surface area contributed by atoms with Crippen molar-refractivity contribution >= 4 is 10.9 Å². The first-order chi connectivity index (χ1) is 12.2. The van der Waals surface area contributed by atoms with E-state index >= 15 is 0 Å². The molecule has 1 aliphatic heterocycles. The van der Waals surface area contributed by atoms with Crippen LogP contribution in [-0.4, -0.2) is 45.6 Å². The molecular weight excluding hydrogens is 320 g/mol. The van der Waals surface area contributed by atoms with Crippen LogP contribution in [0.1, 0.15) is 20.3 Å². The van der Waals surface area contributed by atoms with Crippen molar-refractivity contribution in [2.75, 3.05) is 13.2 Å². The van der Waals surface area contributed by atoms with Crippen LogP contribution in [0.5, 0.6) is 11.8 Å². The molecule has 0 spiro atoms. The number of aromatic amines is 1. The second kappa shape index (κ2) is 6.68. The minimum atomic E-state index is -0.142. The van der Waals surface area contributed by atoms with Gasteiger partial charge < -0.3 is 14.2 Å². The van der Waals surface area contributed by atoms with Gasteiger partial charge in [-0.2, -0.15) is 10.1 Å². The topological polar surface area (TPSA) is 82.2 Å². The van der Waals surface area contributed by atoms with E-state index in [1.807, 2.05) is 38.1 Å². The first-order valence-corrected chi connectivity index (χ1v) is 8.41. The predicted molar refractivity (Wildman–Crippen MR) is 92.7 cm³/mol. The van der Waals surface area contributed by atoms with Gasteiger partial charge >= 0.3 is 6.01 Å². The number of nitrogens with zero attached hydrogens (tertiary/aromatic N) is 3. The Morgan fingerprint density at radius 3 is 2.96 bits per heavy atom. The van der Waals surface area contributed by atoms with Crippen LogP contribution in [0.4, 0.5) is 0 Å². The van der Waals surface area contributed by atoms with Crippen molar-refractivity contribution < 1.29 is 14.2 Å². The standard InChI is InChI=1S/C18H20N4O3/c1-11-6-8-23-10-12(2)25-18-19-7-5-16(20-18)17-14-9-13(24-11)3-4-15(14)21-22-17/h3-5,7,9,11-12H,6,8,10H2,1-2H3,(H,21,22)/t11-,12-/m0/s1. The van der Waals surface area contributed by atoms with Crippen molar-refractivity contribution in [1.82, 2.24) is 20.2 Å². The molecule has 2 atom stereocenters. The SMILES string of the molecule is C[C@H]1CCOC[C@H](C)Oc2nccc(n2)-c2n[nH]c3ccc(cc23)O1. The molecule has 3 heterocycles. The van der Waals surface area contributed by atoms with E-state index in [0.29, 0.717) is 24.9 Å². The molecule has 7 heteroatoms. The molecule has 3 aromatic rings. The summed E-state index contributed by atoms with van der Waals surface area (Å²) in [5.74, 6) is 0.802. The average Bonchev–Trinajstić information content (AvgIpc) is 3.01. The Labute approximate surface area is 145 Å². The fourth-order valence-corrected chi connectivity index (χ4v) is 2.79. The first kappa shape index (κ1) is 15.8. The monoisotopic (exact) mass is 340 g/mol. The molecule has 1 aromatic carbocycles. The van der Waals surface area contributed by atoms with Crippen LogP contribution in [0.2, 0.25) is 0 Å². The van der Waals surface area contributed by atoms with Gasteiger partial charge in [0.2, 0.25) is 0 Å². The van der Waals surface area contributed by atoms with Crippen LogP contribution in [0.3, 0.4) is 0 Å². The molecule has 0 unspecified atom stereocenters. The number of H-pyrrole nitrogens is 1. The van der Waals surface area contributed by atoms with Crippen molar-refractivity contribution in [3.05, 3.63) is 30.5 Å². The molecule has 4 rings (SSSR count). The second-order valence-corrected chi connectivity index (χ2v) is 6.22.